The Morgan fingerprint density at radius 2 is 0.541 bits per heavy atom. The summed E-state index contributed by atoms with van der Waals surface area (Å²) in [4.78, 5) is 9.02. The van der Waals surface area contributed by atoms with Crippen molar-refractivity contribution in [1.29, 1.82) is 0 Å². The molecule has 0 unspecified atom stereocenters. The minimum atomic E-state index is -1.57. The van der Waals surface area contributed by atoms with E-state index in [0.717, 1.165) is 126 Å². The van der Waals surface area contributed by atoms with Crippen LogP contribution in [0.2, 0.25) is 32.2 Å². The Hall–Kier alpha value is -10.9. The minimum Gasteiger partial charge on any atom is -0.497 e. The summed E-state index contributed by atoms with van der Waals surface area (Å²) in [6.45, 7) is 13.7. The molecule has 12 heteroatoms. The molecule has 98 heavy (non-hydrogen) atoms. The van der Waals surface area contributed by atoms with Crippen LogP contribution in [0.15, 0.2) is 328 Å². The molecule has 0 saturated heterocycles. The molecule has 0 saturated carbocycles. The van der Waals surface area contributed by atoms with Crippen molar-refractivity contribution in [3.8, 4) is 45.3 Å². The van der Waals surface area contributed by atoms with Crippen LogP contribution in [0, 0.1) is 0 Å². The normalized spacial score (nSPS) is 10.8. The maximum absolute atomic E-state index is 6.08. The van der Waals surface area contributed by atoms with Gasteiger partial charge in [0.05, 0.1) is 20.8 Å². The Bertz CT molecular complexity index is 4290. The summed E-state index contributed by atoms with van der Waals surface area (Å²) in [5.41, 5.74) is 17.6. The van der Waals surface area contributed by atoms with Gasteiger partial charge in [0.1, 0.15) is 29.6 Å². The molecular weight excluding hydrogens is 1240 g/mol. The Kier molecular flexibility index (Phi) is 25.1. The van der Waals surface area contributed by atoms with E-state index in [4.69, 9.17) is 27.8 Å². The van der Waals surface area contributed by atoms with Gasteiger partial charge in [-0.25, -0.2) is 0 Å². The molecule has 12 rings (SSSR count). The second kappa shape index (κ2) is 35.2. The number of para-hydroxylation sites is 4. The van der Waals surface area contributed by atoms with E-state index in [0.29, 0.717) is 13.2 Å². The first kappa shape index (κ1) is 69.9. The van der Waals surface area contributed by atoms with Crippen molar-refractivity contribution in [2.75, 3.05) is 61.3 Å². The van der Waals surface area contributed by atoms with Crippen LogP contribution in [-0.4, -0.2) is 59.0 Å². The van der Waals surface area contributed by atoms with Crippen molar-refractivity contribution in [1.82, 2.24) is 0 Å². The molecule has 0 aliphatic heterocycles. The monoisotopic (exact) mass is 1330 g/mol. The van der Waals surface area contributed by atoms with Gasteiger partial charge in [-0.15, -0.1) is 0 Å². The highest BCUT2D eigenvalue weighted by Gasteiger charge is 2.21. The van der Waals surface area contributed by atoms with Crippen molar-refractivity contribution in [2.24, 2.45) is 0 Å². The van der Waals surface area contributed by atoms with Crippen molar-refractivity contribution >= 4 is 85.6 Å². The third-order valence-electron chi connectivity index (χ3n) is 16.7. The summed E-state index contributed by atoms with van der Waals surface area (Å²) >= 11 is 0. The van der Waals surface area contributed by atoms with Crippen LogP contribution in [0.3, 0.4) is 0 Å². The Labute approximate surface area is 583 Å². The summed E-state index contributed by atoms with van der Waals surface area (Å²) in [5.74, 6) is 3.37. The molecule has 0 fully saturated rings. The van der Waals surface area contributed by atoms with Crippen LogP contribution in [0.4, 0.5) is 68.2 Å². The molecule has 0 bridgehead atoms. The lowest BCUT2D eigenvalue weighted by molar-refractivity contribution is 0.311. The Morgan fingerprint density at radius 3 is 0.765 bits per heavy atom. The Morgan fingerprint density at radius 1 is 0.316 bits per heavy atom. The Balaban J connectivity index is 0.000000200. The summed E-state index contributed by atoms with van der Waals surface area (Å²) in [6, 6.07) is 111. The van der Waals surface area contributed by atoms with Crippen molar-refractivity contribution in [3.63, 3.8) is 0 Å². The van der Waals surface area contributed by atoms with Gasteiger partial charge in [0.2, 0.25) is 0 Å². The van der Waals surface area contributed by atoms with Crippen LogP contribution < -0.4 is 38.5 Å². The smallest absolute Gasteiger partial charge is 0.186 e. The highest BCUT2D eigenvalue weighted by Crippen LogP contribution is 2.42. The van der Waals surface area contributed by atoms with E-state index in [2.05, 4.69) is 307 Å². The highest BCUT2D eigenvalue weighted by atomic mass is 28.4. The van der Waals surface area contributed by atoms with E-state index < -0.39 is 17.4 Å². The third kappa shape index (κ3) is 19.0. The standard InChI is InChI=1S/C43H44N2O3Si.C40H34N2O2.C3H10OSi/c1-46-42-28-24-40(25-29-42)44(36-12-7-5-8-13-36)38-20-16-34(17-21-38)35-18-22-39(23-19-35)45(37-14-9-6-10-15-37)41-26-30-43(31-27-41)48-32-11-33-49(3,4)47-2;1-3-30-44-40-28-24-38(25-29-40)42(34-12-8-5-9-13-34)36-20-16-32(17-21-36)31-14-18-35(19-15-31)41(33-10-6-4-7-11-33)37-22-26-39(43-2)27-23-37;1-4-5(2)3/h5-10,12-31H,11,32-33H2,1-4H3;3-29H,1,30H2,2H3;5H,1-3H3. The van der Waals surface area contributed by atoms with Gasteiger partial charge in [0.15, 0.2) is 17.4 Å². The van der Waals surface area contributed by atoms with Gasteiger partial charge in [-0.1, -0.05) is 134 Å². The molecule has 0 aliphatic carbocycles. The van der Waals surface area contributed by atoms with E-state index in [1.165, 1.54) is 0 Å². The number of nitrogens with zero attached hydrogens (tertiary/aromatic N) is 4. The molecule has 12 aromatic rings. The number of methoxy groups -OCH3 is 2. The third-order valence-corrected chi connectivity index (χ3v) is 20.3. The SMILES string of the molecule is C=CCOc1ccc(N(c2ccccc2)c2ccc(-c3ccc(N(c4ccccc4)c4ccc(OC)cc4)cc3)cc2)cc1.CO[SiH](C)C.COc1ccc(N(c2ccccc2)c2ccc(-c3ccc(N(c4ccccc4)c4ccc(OCCC[Si](C)(C)OC)cc4)cc3)cc2)cc1. The summed E-state index contributed by atoms with van der Waals surface area (Å²) < 4.78 is 33.1. The molecule has 0 atom stereocenters. The first-order valence-electron chi connectivity index (χ1n) is 33.2. The number of hydrogen-bond donors (Lipinski definition) is 0. The van der Waals surface area contributed by atoms with Gasteiger partial charge >= 0.3 is 0 Å². The van der Waals surface area contributed by atoms with E-state index in [1.54, 1.807) is 27.4 Å². The van der Waals surface area contributed by atoms with Crippen LogP contribution >= 0.6 is 0 Å². The largest absolute Gasteiger partial charge is 0.497 e. The molecule has 12 aromatic carbocycles. The van der Waals surface area contributed by atoms with E-state index in [-0.39, 0.29) is 0 Å². The van der Waals surface area contributed by atoms with Crippen molar-refractivity contribution in [3.05, 3.63) is 328 Å². The maximum atomic E-state index is 6.08. The van der Waals surface area contributed by atoms with Gasteiger partial charge in [0, 0.05) is 82.5 Å². The first-order chi connectivity index (χ1) is 47.9. The summed E-state index contributed by atoms with van der Waals surface area (Å²) in [5, 5.41) is 0. The van der Waals surface area contributed by atoms with E-state index >= 15 is 0 Å². The average Bonchev–Trinajstić information content (AvgIpc) is 0.815. The van der Waals surface area contributed by atoms with Gasteiger partial charge in [-0.2, -0.15) is 0 Å². The minimum absolute atomic E-state index is 0.482. The number of rotatable bonds is 26. The molecule has 0 aliphatic rings. The summed E-state index contributed by atoms with van der Waals surface area (Å²) in [7, 11) is 4.74. The number of ether oxygens (including phenoxy) is 4. The molecule has 0 N–H and O–H groups in total. The number of benzene rings is 12. The van der Waals surface area contributed by atoms with E-state index in [1.807, 2.05) is 67.8 Å². The van der Waals surface area contributed by atoms with E-state index in [9.17, 15) is 0 Å². The van der Waals surface area contributed by atoms with Crippen molar-refractivity contribution < 1.29 is 27.8 Å². The topological polar surface area (TPSA) is 68.3 Å². The van der Waals surface area contributed by atoms with Gasteiger partial charge in [-0.3, -0.25) is 0 Å². The fourth-order valence-corrected chi connectivity index (χ4v) is 12.3. The zero-order valence-corrected chi connectivity index (χ0v) is 59.6. The number of anilines is 12. The van der Waals surface area contributed by atoms with Crippen molar-refractivity contribution in [2.45, 2.75) is 38.7 Å². The average molecular weight is 1330 g/mol. The fraction of sp³-hybridized carbons (Fsp3) is 0.140. The molecule has 0 heterocycles. The highest BCUT2D eigenvalue weighted by molar-refractivity contribution is 6.71. The molecule has 496 valence electrons. The number of hydrogen-bond acceptors (Lipinski definition) is 10. The molecule has 0 spiro atoms. The lowest BCUT2D eigenvalue weighted by atomic mass is 10.0. The van der Waals surface area contributed by atoms with Gasteiger partial charge < -0.3 is 47.4 Å². The second-order valence-corrected chi connectivity index (χ2v) is 31.1. The first-order valence-corrected chi connectivity index (χ1v) is 39.1. The predicted molar refractivity (Wildman–Crippen MR) is 417 cm³/mol. The molecular formula is C86H88N4O6Si2. The zero-order chi connectivity index (χ0) is 68.5. The maximum Gasteiger partial charge on any atom is 0.186 e. The lowest BCUT2D eigenvalue weighted by Crippen LogP contribution is -2.28. The lowest BCUT2D eigenvalue weighted by Gasteiger charge is -2.26. The molecule has 0 amide bonds. The van der Waals surface area contributed by atoms with Crippen LogP contribution in [-0.2, 0) is 8.85 Å². The van der Waals surface area contributed by atoms with Gasteiger partial charge in [-0.05, 0) is 255 Å². The van der Waals surface area contributed by atoms with Crippen LogP contribution in [0.1, 0.15) is 6.42 Å². The van der Waals surface area contributed by atoms with Crippen LogP contribution in [0.5, 0.6) is 23.0 Å². The predicted octanol–water partition coefficient (Wildman–Crippen LogP) is 23.4. The van der Waals surface area contributed by atoms with Crippen LogP contribution in [0.25, 0.3) is 22.3 Å². The van der Waals surface area contributed by atoms with Gasteiger partial charge in [0.25, 0.3) is 0 Å². The molecule has 10 nitrogen and oxygen atoms in total. The fourth-order valence-electron chi connectivity index (χ4n) is 11.1. The zero-order valence-electron chi connectivity index (χ0n) is 57.5. The second-order valence-electron chi connectivity index (χ2n) is 24.1. The quantitative estimate of drug-likeness (QED) is 0.0297. The molecule has 0 radical (unpaired) electrons. The molecule has 0 aromatic heterocycles. The summed E-state index contributed by atoms with van der Waals surface area (Å²) in [6.07, 6.45) is 2.74.